The third-order valence-corrected chi connectivity index (χ3v) is 2.49. The number of azide groups is 1. The second kappa shape index (κ2) is 5.96. The second-order valence-electron chi connectivity index (χ2n) is 5.27. The Bertz CT molecular complexity index is 575. The van der Waals surface area contributed by atoms with E-state index in [0.717, 1.165) is 0 Å². The molecule has 2 N–H and O–H groups in total. The van der Waals surface area contributed by atoms with Crippen molar-refractivity contribution in [3.8, 4) is 0 Å². The van der Waals surface area contributed by atoms with Crippen LogP contribution in [-0.2, 0) is 4.74 Å². The maximum Gasteiger partial charge on any atom is 0.488 e. The van der Waals surface area contributed by atoms with Gasteiger partial charge in [-0.05, 0) is 50.3 Å². The Morgan fingerprint density at radius 3 is 2.45 bits per heavy atom. The molecule has 0 unspecified atom stereocenters. The van der Waals surface area contributed by atoms with Gasteiger partial charge in [-0.1, -0.05) is 11.2 Å². The van der Waals surface area contributed by atoms with E-state index in [0.29, 0.717) is 5.56 Å². The number of ether oxygens (including phenoxy) is 1. The third kappa shape index (κ3) is 3.99. The van der Waals surface area contributed by atoms with Gasteiger partial charge >= 0.3 is 13.1 Å². The molecule has 0 amide bonds. The van der Waals surface area contributed by atoms with Gasteiger partial charge in [0.1, 0.15) is 5.60 Å². The average Bonchev–Trinajstić information content (AvgIpc) is 2.28. The lowest BCUT2D eigenvalue weighted by atomic mass is 9.75. The zero-order chi connectivity index (χ0) is 15.5. The maximum absolute atomic E-state index is 12.1. The van der Waals surface area contributed by atoms with Crippen molar-refractivity contribution >= 4 is 24.2 Å². The summed E-state index contributed by atoms with van der Waals surface area (Å²) in [6.07, 6.45) is 0. The topological polar surface area (TPSA) is 116 Å². The quantitative estimate of drug-likeness (QED) is 0.287. The fraction of sp³-hybridized carbons (Fsp3) is 0.417. The maximum atomic E-state index is 12.1. The van der Waals surface area contributed by atoms with Crippen molar-refractivity contribution < 1.29 is 19.6 Å². The summed E-state index contributed by atoms with van der Waals surface area (Å²) >= 11 is 0. The molecule has 1 aromatic carbocycles. The molecule has 7 nitrogen and oxygen atoms in total. The summed E-state index contributed by atoms with van der Waals surface area (Å²) in [7, 11) is -1.77. The first-order valence-corrected chi connectivity index (χ1v) is 5.95. The number of hydrogen-bond donors (Lipinski definition) is 2. The van der Waals surface area contributed by atoms with Gasteiger partial charge in [0.25, 0.3) is 0 Å². The SMILES string of the molecule is Cc1c(B(O)O)cc(N=[N+]=[N-])cc1C(=O)OC(C)(C)C. The van der Waals surface area contributed by atoms with Crippen LogP contribution in [0.3, 0.4) is 0 Å². The van der Waals surface area contributed by atoms with Crippen molar-refractivity contribution in [3.63, 3.8) is 0 Å². The molecule has 8 heteroatoms. The van der Waals surface area contributed by atoms with Crippen LogP contribution in [0.1, 0.15) is 36.7 Å². The minimum absolute atomic E-state index is 0.0933. The molecule has 0 aliphatic rings. The van der Waals surface area contributed by atoms with Crippen LogP contribution in [0.4, 0.5) is 5.69 Å². The van der Waals surface area contributed by atoms with Crippen molar-refractivity contribution in [3.05, 3.63) is 33.7 Å². The molecule has 106 valence electrons. The molecule has 0 atom stereocenters. The van der Waals surface area contributed by atoms with E-state index >= 15 is 0 Å². The van der Waals surface area contributed by atoms with Gasteiger partial charge in [0.2, 0.25) is 0 Å². The number of hydrogen-bond acceptors (Lipinski definition) is 5. The lowest BCUT2D eigenvalue weighted by Gasteiger charge is -2.21. The Morgan fingerprint density at radius 2 is 2.00 bits per heavy atom. The van der Waals surface area contributed by atoms with E-state index in [2.05, 4.69) is 10.0 Å². The van der Waals surface area contributed by atoms with Gasteiger partial charge < -0.3 is 14.8 Å². The molecule has 0 aliphatic carbocycles. The van der Waals surface area contributed by atoms with Crippen LogP contribution in [0.25, 0.3) is 10.4 Å². The number of esters is 1. The van der Waals surface area contributed by atoms with Crippen molar-refractivity contribution in [1.82, 2.24) is 0 Å². The van der Waals surface area contributed by atoms with Gasteiger partial charge in [-0.25, -0.2) is 4.79 Å². The Kier molecular flexibility index (Phi) is 4.78. The molecule has 1 rings (SSSR count). The zero-order valence-electron chi connectivity index (χ0n) is 11.8. The minimum atomic E-state index is -1.77. The summed E-state index contributed by atoms with van der Waals surface area (Å²) in [4.78, 5) is 14.7. The van der Waals surface area contributed by atoms with Crippen molar-refractivity contribution in [2.45, 2.75) is 33.3 Å². The first-order valence-electron chi connectivity index (χ1n) is 5.95. The van der Waals surface area contributed by atoms with Crippen LogP contribution in [0.5, 0.6) is 0 Å². The molecule has 1 aromatic rings. The van der Waals surface area contributed by atoms with E-state index in [4.69, 9.17) is 10.3 Å². The number of carbonyl (C=O) groups excluding carboxylic acids is 1. The average molecular weight is 277 g/mol. The van der Waals surface area contributed by atoms with E-state index in [9.17, 15) is 14.8 Å². The summed E-state index contributed by atoms with van der Waals surface area (Å²) in [5.41, 5.74) is 8.47. The molecular weight excluding hydrogens is 261 g/mol. The number of carbonyl (C=O) groups is 1. The van der Waals surface area contributed by atoms with Gasteiger partial charge in [-0.15, -0.1) is 0 Å². The number of nitrogens with zero attached hydrogens (tertiary/aromatic N) is 3. The molecule has 0 saturated heterocycles. The predicted octanol–water partition coefficient (Wildman–Crippen LogP) is 1.57. The molecule has 20 heavy (non-hydrogen) atoms. The van der Waals surface area contributed by atoms with Gasteiger partial charge in [0.15, 0.2) is 0 Å². The highest BCUT2D eigenvalue weighted by molar-refractivity contribution is 6.59. The molecule has 0 heterocycles. The van der Waals surface area contributed by atoms with E-state index < -0.39 is 18.7 Å². The molecule has 0 fully saturated rings. The van der Waals surface area contributed by atoms with Gasteiger partial charge in [-0.3, -0.25) is 0 Å². The van der Waals surface area contributed by atoms with Crippen molar-refractivity contribution in [2.75, 3.05) is 0 Å². The molecule has 0 aliphatic heterocycles. The molecule has 0 bridgehead atoms. The first-order chi connectivity index (χ1) is 9.15. The number of rotatable bonds is 3. The van der Waals surface area contributed by atoms with Gasteiger partial charge in [0, 0.05) is 10.6 Å². The van der Waals surface area contributed by atoms with Crippen LogP contribution in [-0.4, -0.2) is 28.7 Å². The molecule has 0 radical (unpaired) electrons. The predicted molar refractivity (Wildman–Crippen MR) is 75.0 cm³/mol. The lowest BCUT2D eigenvalue weighted by Crippen LogP contribution is -2.34. The minimum Gasteiger partial charge on any atom is -0.456 e. The molecule has 0 aromatic heterocycles. The highest BCUT2D eigenvalue weighted by atomic mass is 16.6. The summed E-state index contributed by atoms with van der Waals surface area (Å²) in [5.74, 6) is -0.619. The smallest absolute Gasteiger partial charge is 0.456 e. The summed E-state index contributed by atoms with van der Waals surface area (Å²) < 4.78 is 5.24. The molecule has 0 spiro atoms. The van der Waals surface area contributed by atoms with Crippen LogP contribution in [0.15, 0.2) is 17.2 Å². The fourth-order valence-corrected chi connectivity index (χ4v) is 1.64. The van der Waals surface area contributed by atoms with Gasteiger partial charge in [0.05, 0.1) is 5.56 Å². The highest BCUT2D eigenvalue weighted by Gasteiger charge is 2.24. The van der Waals surface area contributed by atoms with Crippen LogP contribution in [0, 0.1) is 6.92 Å². The highest BCUT2D eigenvalue weighted by Crippen LogP contribution is 2.20. The van der Waals surface area contributed by atoms with E-state index in [-0.39, 0.29) is 16.7 Å². The van der Waals surface area contributed by atoms with Crippen LogP contribution < -0.4 is 5.46 Å². The standard InChI is InChI=1S/C12H16BN3O4/c1-7-9(11(17)20-12(2,3)4)5-8(15-16-14)6-10(7)13(18)19/h5-6,18-19H,1-4H3. The second-order valence-corrected chi connectivity index (χ2v) is 5.27. The van der Waals surface area contributed by atoms with Crippen molar-refractivity contribution in [2.24, 2.45) is 5.11 Å². The van der Waals surface area contributed by atoms with Gasteiger partial charge in [-0.2, -0.15) is 0 Å². The Labute approximate surface area is 117 Å². The van der Waals surface area contributed by atoms with Crippen LogP contribution >= 0.6 is 0 Å². The first kappa shape index (κ1) is 16.0. The number of benzene rings is 1. The molecular formula is C12H16BN3O4. The van der Waals surface area contributed by atoms with E-state index in [1.807, 2.05) is 0 Å². The summed E-state index contributed by atoms with van der Waals surface area (Å²) in [5, 5.41) is 22.0. The third-order valence-electron chi connectivity index (χ3n) is 2.49. The monoisotopic (exact) mass is 277 g/mol. The van der Waals surface area contributed by atoms with E-state index in [1.54, 1.807) is 27.7 Å². The van der Waals surface area contributed by atoms with Crippen LogP contribution in [0.2, 0.25) is 0 Å². The Hall–Kier alpha value is -2.02. The zero-order valence-corrected chi connectivity index (χ0v) is 11.8. The Balaban J connectivity index is 3.37. The largest absolute Gasteiger partial charge is 0.488 e. The Morgan fingerprint density at radius 1 is 1.40 bits per heavy atom. The fourth-order valence-electron chi connectivity index (χ4n) is 1.64. The van der Waals surface area contributed by atoms with Crippen molar-refractivity contribution in [1.29, 1.82) is 0 Å². The summed E-state index contributed by atoms with van der Waals surface area (Å²) in [6.45, 7) is 6.73. The molecule has 0 saturated carbocycles. The van der Waals surface area contributed by atoms with E-state index in [1.165, 1.54) is 12.1 Å². The normalized spacial score (nSPS) is 10.7. The lowest BCUT2D eigenvalue weighted by molar-refractivity contribution is 0.00689. The summed E-state index contributed by atoms with van der Waals surface area (Å²) in [6, 6.07) is 2.67.